The molecular formula is C22H33N7O2. The third kappa shape index (κ3) is 5.97. The van der Waals surface area contributed by atoms with E-state index in [1.54, 1.807) is 5.12 Å². The number of hydrogen-bond donors (Lipinski definition) is 3. The fraction of sp³-hybridized carbons (Fsp3) is 0.500. The topological polar surface area (TPSA) is 92.3 Å². The first-order valence-corrected chi connectivity index (χ1v) is 11.0. The maximum atomic E-state index is 13.1. The summed E-state index contributed by atoms with van der Waals surface area (Å²) in [7, 11) is 0. The summed E-state index contributed by atoms with van der Waals surface area (Å²) in [5, 5.41) is 9.90. The van der Waals surface area contributed by atoms with Crippen LogP contribution < -0.4 is 16.3 Å². The van der Waals surface area contributed by atoms with E-state index in [4.69, 9.17) is 0 Å². The average molecular weight is 428 g/mol. The first-order chi connectivity index (χ1) is 15.2. The number of unbranched alkanes of at least 4 members (excludes halogenated alkanes) is 1. The van der Waals surface area contributed by atoms with Crippen molar-refractivity contribution in [2.24, 2.45) is 11.0 Å². The van der Waals surface area contributed by atoms with Gasteiger partial charge in [0.2, 0.25) is 6.41 Å². The number of carbonyl (C=O) groups is 2. The summed E-state index contributed by atoms with van der Waals surface area (Å²) in [6.45, 7) is 6.90. The summed E-state index contributed by atoms with van der Waals surface area (Å²) in [5.74, 6) is 0.477. The first kappa shape index (κ1) is 22.6. The molecule has 168 valence electrons. The fourth-order valence-corrected chi connectivity index (χ4v) is 3.89. The Morgan fingerprint density at radius 2 is 2.16 bits per heavy atom. The van der Waals surface area contributed by atoms with Gasteiger partial charge in [-0.25, -0.2) is 5.53 Å². The molecule has 0 bridgehead atoms. The molecule has 0 radical (unpaired) electrons. The zero-order valence-electron chi connectivity index (χ0n) is 18.4. The van der Waals surface area contributed by atoms with E-state index in [0.29, 0.717) is 31.1 Å². The number of hydrazone groups is 1. The van der Waals surface area contributed by atoms with Gasteiger partial charge in [0.05, 0.1) is 6.54 Å². The van der Waals surface area contributed by atoms with Crippen LogP contribution in [-0.2, 0) is 16.1 Å². The number of nitrogens with zero attached hydrogens (tertiary/aromatic N) is 4. The highest BCUT2D eigenvalue weighted by Gasteiger charge is 2.25. The monoisotopic (exact) mass is 427 g/mol. The van der Waals surface area contributed by atoms with Gasteiger partial charge in [-0.2, -0.15) is 5.12 Å². The SMILES string of the molecule is CCCCC(CC)CN1Cc2ccccc2C=C1C(=O)NCCN1NN=CN1NC=O. The van der Waals surface area contributed by atoms with E-state index in [-0.39, 0.29) is 5.91 Å². The lowest BCUT2D eigenvalue weighted by molar-refractivity contribution is -0.122. The molecule has 1 unspecified atom stereocenters. The fourth-order valence-electron chi connectivity index (χ4n) is 3.89. The molecule has 1 aromatic rings. The second-order valence-electron chi connectivity index (χ2n) is 7.84. The zero-order chi connectivity index (χ0) is 22.1. The molecule has 9 heteroatoms. The summed E-state index contributed by atoms with van der Waals surface area (Å²) in [6.07, 6.45) is 8.69. The second kappa shape index (κ2) is 11.4. The number of carbonyl (C=O) groups excluding carboxylic acids is 2. The van der Waals surface area contributed by atoms with Gasteiger partial charge < -0.3 is 10.2 Å². The van der Waals surface area contributed by atoms with Gasteiger partial charge >= 0.3 is 0 Å². The van der Waals surface area contributed by atoms with Crippen LogP contribution in [0.15, 0.2) is 35.1 Å². The number of fused-ring (bicyclic) bond motifs is 1. The van der Waals surface area contributed by atoms with Gasteiger partial charge in [0, 0.05) is 19.6 Å². The molecule has 2 amide bonds. The molecule has 31 heavy (non-hydrogen) atoms. The molecule has 2 heterocycles. The van der Waals surface area contributed by atoms with E-state index < -0.39 is 0 Å². The lowest BCUT2D eigenvalue weighted by Crippen LogP contribution is -2.52. The van der Waals surface area contributed by atoms with Crippen molar-refractivity contribution in [2.75, 3.05) is 19.6 Å². The molecule has 3 rings (SSSR count). The largest absolute Gasteiger partial charge is 0.362 e. The highest BCUT2D eigenvalue weighted by atomic mass is 16.2. The van der Waals surface area contributed by atoms with E-state index in [0.717, 1.165) is 25.1 Å². The van der Waals surface area contributed by atoms with Crippen molar-refractivity contribution < 1.29 is 9.59 Å². The molecule has 2 aliphatic heterocycles. The minimum Gasteiger partial charge on any atom is -0.362 e. The molecule has 0 aliphatic carbocycles. The number of hydrogen-bond acceptors (Lipinski definition) is 7. The average Bonchev–Trinajstić information content (AvgIpc) is 3.23. The van der Waals surface area contributed by atoms with Crippen molar-refractivity contribution >= 4 is 24.7 Å². The van der Waals surface area contributed by atoms with Crippen molar-refractivity contribution in [1.82, 2.24) is 31.4 Å². The van der Waals surface area contributed by atoms with Crippen molar-refractivity contribution in [3.05, 3.63) is 41.1 Å². The smallest absolute Gasteiger partial charge is 0.267 e. The molecule has 0 aromatic heterocycles. The standard InChI is InChI=1S/C22H33N7O2/c1-3-5-8-18(4-2)14-27-15-20-10-7-6-9-19(20)13-21(27)22(31)23-11-12-28-26-24-16-29(28)25-17-30/h6-7,9-10,13,16-18,26H,3-5,8,11-12,14-15H2,1-2H3,(H,23,31)(H,25,30). The van der Waals surface area contributed by atoms with E-state index in [1.165, 1.54) is 36.3 Å². The molecular weight excluding hydrogens is 394 g/mol. The van der Waals surface area contributed by atoms with Crippen molar-refractivity contribution in [3.63, 3.8) is 0 Å². The molecule has 1 atom stereocenters. The number of nitrogens with one attached hydrogen (secondary N) is 3. The van der Waals surface area contributed by atoms with Crippen LogP contribution in [0.4, 0.5) is 0 Å². The van der Waals surface area contributed by atoms with Crippen LogP contribution in [0.2, 0.25) is 0 Å². The van der Waals surface area contributed by atoms with Gasteiger partial charge in [0.25, 0.3) is 5.91 Å². The molecule has 0 spiro atoms. The van der Waals surface area contributed by atoms with Crippen LogP contribution in [0.5, 0.6) is 0 Å². The molecule has 9 nitrogen and oxygen atoms in total. The summed E-state index contributed by atoms with van der Waals surface area (Å²) in [6, 6.07) is 8.25. The van der Waals surface area contributed by atoms with Gasteiger partial charge in [-0.15, -0.1) is 5.10 Å². The second-order valence-corrected chi connectivity index (χ2v) is 7.84. The molecule has 0 saturated carbocycles. The molecule has 3 N–H and O–H groups in total. The van der Waals surface area contributed by atoms with Crippen molar-refractivity contribution in [2.45, 2.75) is 46.1 Å². The maximum Gasteiger partial charge on any atom is 0.267 e. The Balaban J connectivity index is 1.65. The van der Waals surface area contributed by atoms with E-state index in [2.05, 4.69) is 58.3 Å². The van der Waals surface area contributed by atoms with Gasteiger partial charge in [-0.1, -0.05) is 62.5 Å². The Morgan fingerprint density at radius 1 is 1.32 bits per heavy atom. The summed E-state index contributed by atoms with van der Waals surface area (Å²) in [5.41, 5.74) is 8.30. The zero-order valence-corrected chi connectivity index (χ0v) is 18.4. The highest BCUT2D eigenvalue weighted by Crippen LogP contribution is 2.27. The van der Waals surface area contributed by atoms with Crippen LogP contribution in [0.25, 0.3) is 6.08 Å². The van der Waals surface area contributed by atoms with Crippen LogP contribution in [0.1, 0.15) is 50.7 Å². The van der Waals surface area contributed by atoms with Crippen LogP contribution in [0.3, 0.4) is 0 Å². The predicted molar refractivity (Wildman–Crippen MR) is 121 cm³/mol. The summed E-state index contributed by atoms with van der Waals surface area (Å²) < 4.78 is 0. The van der Waals surface area contributed by atoms with E-state index >= 15 is 0 Å². The number of hydrazine groups is 3. The lowest BCUT2D eigenvalue weighted by Gasteiger charge is -2.34. The Bertz CT molecular complexity index is 811. The Hall–Kier alpha value is -3.07. The lowest BCUT2D eigenvalue weighted by atomic mass is 9.95. The van der Waals surface area contributed by atoms with Crippen LogP contribution in [-0.4, -0.2) is 53.4 Å². The third-order valence-corrected chi connectivity index (χ3v) is 5.70. The minimum absolute atomic E-state index is 0.0881. The first-order valence-electron chi connectivity index (χ1n) is 11.0. The Kier molecular flexibility index (Phi) is 8.28. The predicted octanol–water partition coefficient (Wildman–Crippen LogP) is 1.82. The van der Waals surface area contributed by atoms with E-state index in [1.807, 2.05) is 12.1 Å². The van der Waals surface area contributed by atoms with Gasteiger partial charge in [-0.3, -0.25) is 15.0 Å². The van der Waals surface area contributed by atoms with Crippen molar-refractivity contribution in [3.8, 4) is 0 Å². The quantitative estimate of drug-likeness (QED) is 0.441. The minimum atomic E-state index is -0.0881. The number of benzene rings is 1. The molecule has 0 saturated heterocycles. The highest BCUT2D eigenvalue weighted by molar-refractivity contribution is 5.98. The number of rotatable bonds is 12. The van der Waals surface area contributed by atoms with Gasteiger partial charge in [0.15, 0.2) is 6.34 Å². The third-order valence-electron chi connectivity index (χ3n) is 5.70. The summed E-state index contributed by atoms with van der Waals surface area (Å²) >= 11 is 0. The molecule has 0 fully saturated rings. The molecule has 2 aliphatic rings. The Morgan fingerprint density at radius 3 is 2.94 bits per heavy atom. The summed E-state index contributed by atoms with van der Waals surface area (Å²) in [4.78, 5) is 26.0. The van der Waals surface area contributed by atoms with Gasteiger partial charge in [0.1, 0.15) is 5.70 Å². The van der Waals surface area contributed by atoms with Crippen molar-refractivity contribution in [1.29, 1.82) is 0 Å². The maximum absolute atomic E-state index is 13.1. The normalized spacial score (nSPS) is 16.4. The van der Waals surface area contributed by atoms with Crippen LogP contribution in [0, 0.1) is 5.92 Å². The Labute approximate surface area is 184 Å². The van der Waals surface area contributed by atoms with Crippen LogP contribution >= 0.6 is 0 Å². The van der Waals surface area contributed by atoms with E-state index in [9.17, 15) is 9.59 Å². The number of amides is 2. The van der Waals surface area contributed by atoms with Gasteiger partial charge in [-0.05, 0) is 29.5 Å². The molecule has 1 aromatic carbocycles.